The van der Waals surface area contributed by atoms with E-state index in [9.17, 15) is 0 Å². The molecule has 2 rings (SSSR count). The van der Waals surface area contributed by atoms with Crippen LogP contribution in [0.3, 0.4) is 0 Å². The van der Waals surface area contributed by atoms with Gasteiger partial charge in [0.25, 0.3) is 0 Å². The first-order chi connectivity index (χ1) is 7.58. The number of anilines is 2. The molecule has 0 saturated heterocycles. The van der Waals surface area contributed by atoms with E-state index in [2.05, 4.69) is 15.2 Å². The Balaban J connectivity index is 2.59. The minimum Gasteiger partial charge on any atom is -0.382 e. The van der Waals surface area contributed by atoms with Crippen molar-refractivity contribution < 1.29 is 0 Å². The first-order valence-corrected chi connectivity index (χ1v) is 4.98. The van der Waals surface area contributed by atoms with Gasteiger partial charge in [-0.05, 0) is 18.6 Å². The van der Waals surface area contributed by atoms with Gasteiger partial charge in [-0.15, -0.1) is 10.2 Å². The van der Waals surface area contributed by atoms with Gasteiger partial charge in [-0.25, -0.2) is 0 Å². The molecule has 0 aliphatic heterocycles. The number of aryl methyl sites for hydroxylation is 1. The molecule has 0 spiro atoms. The van der Waals surface area contributed by atoms with Gasteiger partial charge < -0.3 is 11.5 Å². The van der Waals surface area contributed by atoms with E-state index in [0.717, 1.165) is 5.56 Å². The number of rotatable bonds is 1. The van der Waals surface area contributed by atoms with Gasteiger partial charge in [0.2, 0.25) is 5.95 Å². The van der Waals surface area contributed by atoms with Gasteiger partial charge in [-0.1, -0.05) is 23.7 Å². The van der Waals surface area contributed by atoms with Gasteiger partial charge in [-0.2, -0.15) is 4.98 Å². The first kappa shape index (κ1) is 10.6. The monoisotopic (exact) mass is 235 g/mol. The van der Waals surface area contributed by atoms with Gasteiger partial charge in [0.15, 0.2) is 5.82 Å². The molecular weight excluding hydrogens is 226 g/mol. The SMILES string of the molecule is Cc1ccc(-c2nnc(N)nc2N)c(Cl)c1. The molecule has 1 aromatic heterocycles. The lowest BCUT2D eigenvalue weighted by atomic mass is 10.1. The summed E-state index contributed by atoms with van der Waals surface area (Å²) >= 11 is 6.09. The Bertz CT molecular complexity index is 491. The number of aromatic nitrogens is 3. The number of nitrogen functional groups attached to an aromatic ring is 2. The number of hydrogen-bond acceptors (Lipinski definition) is 5. The minimum atomic E-state index is 0.0458. The van der Waals surface area contributed by atoms with Gasteiger partial charge in [-0.3, -0.25) is 0 Å². The van der Waals surface area contributed by atoms with Crippen molar-refractivity contribution in [2.45, 2.75) is 6.92 Å². The second kappa shape index (κ2) is 3.94. The lowest BCUT2D eigenvalue weighted by molar-refractivity contribution is 0.999. The van der Waals surface area contributed by atoms with Crippen molar-refractivity contribution in [1.29, 1.82) is 0 Å². The van der Waals surface area contributed by atoms with Crippen molar-refractivity contribution in [1.82, 2.24) is 15.2 Å². The molecule has 0 unspecified atom stereocenters. The van der Waals surface area contributed by atoms with Crippen LogP contribution in [-0.4, -0.2) is 15.2 Å². The zero-order valence-electron chi connectivity index (χ0n) is 8.61. The fourth-order valence-electron chi connectivity index (χ4n) is 1.36. The second-order valence-electron chi connectivity index (χ2n) is 3.39. The lowest BCUT2D eigenvalue weighted by Crippen LogP contribution is -2.04. The maximum Gasteiger partial charge on any atom is 0.242 e. The van der Waals surface area contributed by atoms with Crippen molar-refractivity contribution in [3.63, 3.8) is 0 Å². The van der Waals surface area contributed by atoms with Crippen molar-refractivity contribution in [3.05, 3.63) is 28.8 Å². The second-order valence-corrected chi connectivity index (χ2v) is 3.79. The van der Waals surface area contributed by atoms with Crippen LogP contribution in [0.5, 0.6) is 0 Å². The Labute approximate surface area is 97.5 Å². The number of nitrogens with two attached hydrogens (primary N) is 2. The zero-order chi connectivity index (χ0) is 11.7. The molecule has 0 saturated carbocycles. The van der Waals surface area contributed by atoms with Gasteiger partial charge >= 0.3 is 0 Å². The topological polar surface area (TPSA) is 90.7 Å². The summed E-state index contributed by atoms with van der Waals surface area (Å²) in [5.74, 6) is 0.266. The molecule has 0 amide bonds. The van der Waals surface area contributed by atoms with E-state index < -0.39 is 0 Å². The number of benzene rings is 1. The van der Waals surface area contributed by atoms with Crippen LogP contribution in [0.1, 0.15) is 5.56 Å². The number of hydrogen-bond donors (Lipinski definition) is 2. The molecule has 5 nitrogen and oxygen atoms in total. The Morgan fingerprint density at radius 3 is 2.56 bits per heavy atom. The Kier molecular flexibility index (Phi) is 2.62. The number of halogens is 1. The van der Waals surface area contributed by atoms with Crippen molar-refractivity contribution >= 4 is 23.4 Å². The zero-order valence-corrected chi connectivity index (χ0v) is 9.36. The largest absolute Gasteiger partial charge is 0.382 e. The molecule has 16 heavy (non-hydrogen) atoms. The van der Waals surface area contributed by atoms with Crippen LogP contribution in [0.25, 0.3) is 11.3 Å². The normalized spacial score (nSPS) is 10.4. The fourth-order valence-corrected chi connectivity index (χ4v) is 1.68. The average molecular weight is 236 g/mol. The molecule has 0 bridgehead atoms. The van der Waals surface area contributed by atoms with E-state index in [-0.39, 0.29) is 11.8 Å². The highest BCUT2D eigenvalue weighted by Gasteiger charge is 2.10. The third-order valence-corrected chi connectivity index (χ3v) is 2.42. The van der Waals surface area contributed by atoms with Crippen molar-refractivity contribution in [2.75, 3.05) is 11.5 Å². The molecule has 0 radical (unpaired) electrons. The quantitative estimate of drug-likeness (QED) is 0.785. The van der Waals surface area contributed by atoms with Crippen LogP contribution in [0.4, 0.5) is 11.8 Å². The highest BCUT2D eigenvalue weighted by Crippen LogP contribution is 2.29. The predicted molar refractivity (Wildman–Crippen MR) is 63.8 cm³/mol. The Hall–Kier alpha value is -1.88. The highest BCUT2D eigenvalue weighted by molar-refractivity contribution is 6.33. The van der Waals surface area contributed by atoms with Crippen LogP contribution < -0.4 is 11.5 Å². The van der Waals surface area contributed by atoms with Crippen LogP contribution in [-0.2, 0) is 0 Å². The number of nitrogens with zero attached hydrogens (tertiary/aromatic N) is 3. The van der Waals surface area contributed by atoms with E-state index in [0.29, 0.717) is 16.3 Å². The van der Waals surface area contributed by atoms with Crippen LogP contribution in [0, 0.1) is 6.92 Å². The molecule has 0 atom stereocenters. The van der Waals surface area contributed by atoms with Crippen molar-refractivity contribution in [3.8, 4) is 11.3 Å². The molecule has 82 valence electrons. The summed E-state index contributed by atoms with van der Waals surface area (Å²) < 4.78 is 0. The van der Waals surface area contributed by atoms with E-state index in [1.165, 1.54) is 0 Å². The summed E-state index contributed by atoms with van der Waals surface area (Å²) in [5.41, 5.74) is 13.3. The molecule has 1 aromatic carbocycles. The van der Waals surface area contributed by atoms with Crippen molar-refractivity contribution in [2.24, 2.45) is 0 Å². The van der Waals surface area contributed by atoms with Crippen LogP contribution in [0.2, 0.25) is 5.02 Å². The maximum absolute atomic E-state index is 6.09. The summed E-state index contributed by atoms with van der Waals surface area (Å²) in [6.45, 7) is 1.95. The average Bonchev–Trinajstić information content (AvgIpc) is 2.19. The van der Waals surface area contributed by atoms with E-state index in [1.54, 1.807) is 0 Å². The van der Waals surface area contributed by atoms with E-state index in [1.807, 2.05) is 25.1 Å². The van der Waals surface area contributed by atoms with Crippen LogP contribution in [0.15, 0.2) is 18.2 Å². The Morgan fingerprint density at radius 2 is 1.94 bits per heavy atom. The summed E-state index contributed by atoms with van der Waals surface area (Å²) in [6.07, 6.45) is 0. The maximum atomic E-state index is 6.09. The smallest absolute Gasteiger partial charge is 0.242 e. The summed E-state index contributed by atoms with van der Waals surface area (Å²) in [7, 11) is 0. The summed E-state index contributed by atoms with van der Waals surface area (Å²) in [6, 6.07) is 5.57. The van der Waals surface area contributed by atoms with Gasteiger partial charge in [0, 0.05) is 5.56 Å². The van der Waals surface area contributed by atoms with Gasteiger partial charge in [0.05, 0.1) is 5.02 Å². The Morgan fingerprint density at radius 1 is 1.19 bits per heavy atom. The minimum absolute atomic E-state index is 0.0458. The highest BCUT2D eigenvalue weighted by atomic mass is 35.5. The summed E-state index contributed by atoms with van der Waals surface area (Å²) in [5, 5.41) is 8.11. The third-order valence-electron chi connectivity index (χ3n) is 2.11. The predicted octanol–water partition coefficient (Wildman–Crippen LogP) is 1.66. The first-order valence-electron chi connectivity index (χ1n) is 4.60. The summed E-state index contributed by atoms with van der Waals surface area (Å²) in [4.78, 5) is 3.84. The molecule has 2 aromatic rings. The molecule has 4 N–H and O–H groups in total. The van der Waals surface area contributed by atoms with E-state index >= 15 is 0 Å². The molecule has 0 fully saturated rings. The van der Waals surface area contributed by atoms with E-state index in [4.69, 9.17) is 23.1 Å². The molecule has 6 heteroatoms. The lowest BCUT2D eigenvalue weighted by Gasteiger charge is -2.06. The third kappa shape index (κ3) is 1.90. The molecule has 1 heterocycles. The molecular formula is C10H10ClN5. The molecule has 0 aliphatic carbocycles. The van der Waals surface area contributed by atoms with Crippen LogP contribution >= 0.6 is 11.6 Å². The molecule has 0 aliphatic rings. The van der Waals surface area contributed by atoms with Gasteiger partial charge in [0.1, 0.15) is 5.69 Å². The fraction of sp³-hybridized carbons (Fsp3) is 0.100. The standard InChI is InChI=1S/C10H10ClN5/c1-5-2-3-6(7(11)4-5)8-9(12)14-10(13)16-15-8/h2-4H,1H3,(H4,12,13,14,16).